The summed E-state index contributed by atoms with van der Waals surface area (Å²) in [5, 5.41) is 4.10. The van der Waals surface area contributed by atoms with Gasteiger partial charge in [0.2, 0.25) is 5.91 Å². The number of carbonyl (C=O) groups excluding carboxylic acids is 1. The van der Waals surface area contributed by atoms with Crippen molar-refractivity contribution in [3.63, 3.8) is 0 Å². The SMILES string of the molecule is CCc1ccc(CC(=O)Nc2ccc3nc(N4CCN(C)CC4)sc3c2)cc1. The number of carbonyl (C=O) groups is 1. The van der Waals surface area contributed by atoms with Crippen LogP contribution in [0.3, 0.4) is 0 Å². The van der Waals surface area contributed by atoms with Crippen LogP contribution in [0.4, 0.5) is 10.8 Å². The molecule has 146 valence electrons. The maximum Gasteiger partial charge on any atom is 0.228 e. The zero-order chi connectivity index (χ0) is 19.5. The number of hydrogen-bond acceptors (Lipinski definition) is 5. The quantitative estimate of drug-likeness (QED) is 0.715. The van der Waals surface area contributed by atoms with Gasteiger partial charge in [0.05, 0.1) is 16.6 Å². The molecule has 2 aromatic carbocycles. The molecule has 0 spiro atoms. The number of aromatic nitrogens is 1. The topological polar surface area (TPSA) is 48.5 Å². The summed E-state index contributed by atoms with van der Waals surface area (Å²) < 4.78 is 1.11. The van der Waals surface area contributed by atoms with E-state index in [-0.39, 0.29) is 5.91 Å². The second kappa shape index (κ2) is 8.29. The Labute approximate surface area is 170 Å². The smallest absolute Gasteiger partial charge is 0.228 e. The van der Waals surface area contributed by atoms with Gasteiger partial charge < -0.3 is 15.1 Å². The predicted molar refractivity (Wildman–Crippen MR) is 117 cm³/mol. The molecular formula is C22H26N4OS. The first-order chi connectivity index (χ1) is 13.6. The van der Waals surface area contributed by atoms with Gasteiger partial charge in [0, 0.05) is 31.9 Å². The summed E-state index contributed by atoms with van der Waals surface area (Å²) in [7, 11) is 2.16. The van der Waals surface area contributed by atoms with Crippen LogP contribution in [-0.2, 0) is 17.6 Å². The number of fused-ring (bicyclic) bond motifs is 1. The molecule has 1 saturated heterocycles. The standard InChI is InChI=1S/C22H26N4OS/c1-3-16-4-6-17(7-5-16)14-21(27)23-18-8-9-19-20(15-18)28-22(24-19)26-12-10-25(2)11-13-26/h4-9,15H,3,10-14H2,1-2H3,(H,23,27). The number of rotatable bonds is 5. The van der Waals surface area contributed by atoms with E-state index >= 15 is 0 Å². The molecule has 2 heterocycles. The highest BCUT2D eigenvalue weighted by Crippen LogP contribution is 2.31. The average molecular weight is 395 g/mol. The van der Waals surface area contributed by atoms with Crippen molar-refractivity contribution in [2.45, 2.75) is 19.8 Å². The van der Waals surface area contributed by atoms with E-state index in [2.05, 4.69) is 41.2 Å². The van der Waals surface area contributed by atoms with Gasteiger partial charge in [0.15, 0.2) is 5.13 Å². The normalized spacial score (nSPS) is 15.1. The molecule has 0 saturated carbocycles. The molecule has 28 heavy (non-hydrogen) atoms. The molecule has 0 atom stereocenters. The van der Waals surface area contributed by atoms with Gasteiger partial charge in [-0.2, -0.15) is 0 Å². The van der Waals surface area contributed by atoms with Crippen molar-refractivity contribution in [2.75, 3.05) is 43.4 Å². The molecule has 1 amide bonds. The first kappa shape index (κ1) is 18.9. The van der Waals surface area contributed by atoms with Crippen LogP contribution in [0.15, 0.2) is 42.5 Å². The number of anilines is 2. The van der Waals surface area contributed by atoms with E-state index in [9.17, 15) is 4.79 Å². The molecule has 0 bridgehead atoms. The van der Waals surface area contributed by atoms with Gasteiger partial charge in [-0.25, -0.2) is 4.98 Å². The van der Waals surface area contributed by atoms with E-state index in [4.69, 9.17) is 4.98 Å². The van der Waals surface area contributed by atoms with Crippen LogP contribution in [0.25, 0.3) is 10.2 Å². The third kappa shape index (κ3) is 4.34. The second-order valence-corrected chi connectivity index (χ2v) is 8.37. The Morgan fingerprint density at radius 3 is 2.50 bits per heavy atom. The Morgan fingerprint density at radius 1 is 1.07 bits per heavy atom. The zero-order valence-electron chi connectivity index (χ0n) is 16.4. The van der Waals surface area contributed by atoms with Gasteiger partial charge in [-0.05, 0) is 42.8 Å². The Bertz CT molecular complexity index is 958. The van der Waals surface area contributed by atoms with Crippen molar-refractivity contribution in [1.82, 2.24) is 9.88 Å². The summed E-state index contributed by atoms with van der Waals surface area (Å²) in [6.07, 6.45) is 1.40. The lowest BCUT2D eigenvalue weighted by molar-refractivity contribution is -0.115. The molecule has 0 unspecified atom stereocenters. The lowest BCUT2D eigenvalue weighted by atomic mass is 10.1. The molecule has 1 N–H and O–H groups in total. The fraction of sp³-hybridized carbons (Fsp3) is 0.364. The number of amides is 1. The minimum absolute atomic E-state index is 0.00686. The number of benzene rings is 2. The van der Waals surface area contributed by atoms with E-state index in [0.717, 1.165) is 59.2 Å². The number of nitrogens with zero attached hydrogens (tertiary/aromatic N) is 3. The summed E-state index contributed by atoms with van der Waals surface area (Å²) in [6.45, 7) is 6.28. The van der Waals surface area contributed by atoms with Crippen LogP contribution in [0.2, 0.25) is 0 Å². The van der Waals surface area contributed by atoms with Crippen LogP contribution in [0.1, 0.15) is 18.1 Å². The summed E-state index contributed by atoms with van der Waals surface area (Å²) in [4.78, 5) is 21.9. The van der Waals surface area contributed by atoms with Crippen molar-refractivity contribution in [3.8, 4) is 0 Å². The fourth-order valence-electron chi connectivity index (χ4n) is 3.41. The molecule has 0 aliphatic carbocycles. The Morgan fingerprint density at radius 2 is 1.79 bits per heavy atom. The molecular weight excluding hydrogens is 368 g/mol. The molecule has 5 nitrogen and oxygen atoms in total. The van der Waals surface area contributed by atoms with E-state index in [1.807, 2.05) is 30.3 Å². The van der Waals surface area contributed by atoms with Crippen molar-refractivity contribution in [3.05, 3.63) is 53.6 Å². The van der Waals surface area contributed by atoms with Gasteiger partial charge in [-0.3, -0.25) is 4.79 Å². The molecule has 0 radical (unpaired) electrons. The number of piperazine rings is 1. The highest BCUT2D eigenvalue weighted by Gasteiger charge is 2.17. The molecule has 1 aliphatic heterocycles. The van der Waals surface area contributed by atoms with Crippen molar-refractivity contribution >= 4 is 38.3 Å². The van der Waals surface area contributed by atoms with Crippen LogP contribution >= 0.6 is 11.3 Å². The average Bonchev–Trinajstić information content (AvgIpc) is 3.12. The largest absolute Gasteiger partial charge is 0.345 e. The van der Waals surface area contributed by atoms with Crippen LogP contribution in [-0.4, -0.2) is 49.0 Å². The van der Waals surface area contributed by atoms with Crippen molar-refractivity contribution < 1.29 is 4.79 Å². The summed E-state index contributed by atoms with van der Waals surface area (Å²) >= 11 is 1.70. The molecule has 1 aromatic heterocycles. The van der Waals surface area contributed by atoms with Crippen LogP contribution < -0.4 is 10.2 Å². The van der Waals surface area contributed by atoms with Gasteiger partial charge in [-0.15, -0.1) is 0 Å². The second-order valence-electron chi connectivity index (χ2n) is 7.36. The molecule has 4 rings (SSSR count). The summed E-state index contributed by atoms with van der Waals surface area (Å²) in [5.41, 5.74) is 4.14. The third-order valence-corrected chi connectivity index (χ3v) is 6.31. The van der Waals surface area contributed by atoms with E-state index in [0.29, 0.717) is 6.42 Å². The molecule has 1 fully saturated rings. The van der Waals surface area contributed by atoms with Crippen molar-refractivity contribution in [2.24, 2.45) is 0 Å². The summed E-state index contributed by atoms with van der Waals surface area (Å²) in [6, 6.07) is 14.2. The monoisotopic (exact) mass is 394 g/mol. The third-order valence-electron chi connectivity index (χ3n) is 5.23. The fourth-order valence-corrected chi connectivity index (χ4v) is 4.46. The van der Waals surface area contributed by atoms with Crippen LogP contribution in [0.5, 0.6) is 0 Å². The summed E-state index contributed by atoms with van der Waals surface area (Å²) in [5.74, 6) is 0.00686. The van der Waals surface area contributed by atoms with E-state index in [1.165, 1.54) is 5.56 Å². The van der Waals surface area contributed by atoms with Gasteiger partial charge in [0.25, 0.3) is 0 Å². The van der Waals surface area contributed by atoms with E-state index in [1.54, 1.807) is 11.3 Å². The van der Waals surface area contributed by atoms with Gasteiger partial charge >= 0.3 is 0 Å². The minimum atomic E-state index is 0.00686. The number of hydrogen-bond donors (Lipinski definition) is 1. The number of thiazole rings is 1. The number of nitrogens with one attached hydrogen (secondary N) is 1. The minimum Gasteiger partial charge on any atom is -0.345 e. The predicted octanol–water partition coefficient (Wildman–Crippen LogP) is 3.79. The Kier molecular flexibility index (Phi) is 5.59. The first-order valence-electron chi connectivity index (χ1n) is 9.82. The van der Waals surface area contributed by atoms with Gasteiger partial charge in [-0.1, -0.05) is 42.5 Å². The highest BCUT2D eigenvalue weighted by atomic mass is 32.1. The highest BCUT2D eigenvalue weighted by molar-refractivity contribution is 7.22. The lowest BCUT2D eigenvalue weighted by Crippen LogP contribution is -2.44. The Balaban J connectivity index is 1.43. The number of aryl methyl sites for hydroxylation is 1. The zero-order valence-corrected chi connectivity index (χ0v) is 17.3. The Hall–Kier alpha value is -2.44. The van der Waals surface area contributed by atoms with E-state index < -0.39 is 0 Å². The lowest BCUT2D eigenvalue weighted by Gasteiger charge is -2.31. The van der Waals surface area contributed by atoms with Crippen molar-refractivity contribution in [1.29, 1.82) is 0 Å². The molecule has 6 heteroatoms. The first-order valence-corrected chi connectivity index (χ1v) is 10.6. The maximum absolute atomic E-state index is 12.4. The molecule has 3 aromatic rings. The molecule has 1 aliphatic rings. The maximum atomic E-state index is 12.4. The number of likely N-dealkylation sites (N-methyl/N-ethyl adjacent to an activating group) is 1. The van der Waals surface area contributed by atoms with Gasteiger partial charge in [0.1, 0.15) is 0 Å². The van der Waals surface area contributed by atoms with Crippen LogP contribution in [0, 0.1) is 0 Å².